The molecular formula is C16H17NO3. The van der Waals surface area contributed by atoms with Crippen LogP contribution >= 0.6 is 0 Å². The first-order chi connectivity index (χ1) is 9.49. The predicted octanol–water partition coefficient (Wildman–Crippen LogP) is 2.32. The molecule has 20 heavy (non-hydrogen) atoms. The highest BCUT2D eigenvalue weighted by Gasteiger charge is 2.24. The fourth-order valence-corrected chi connectivity index (χ4v) is 2.07. The molecule has 0 aliphatic carbocycles. The summed E-state index contributed by atoms with van der Waals surface area (Å²) in [6, 6.07) is 13.2. The first-order valence-corrected chi connectivity index (χ1v) is 6.28. The molecule has 1 amide bonds. The molecule has 0 aliphatic rings. The van der Waals surface area contributed by atoms with Crippen molar-refractivity contribution in [3.63, 3.8) is 0 Å². The smallest absolute Gasteiger partial charge is 0.234 e. The van der Waals surface area contributed by atoms with Crippen LogP contribution in [0.1, 0.15) is 17.0 Å². The van der Waals surface area contributed by atoms with Crippen molar-refractivity contribution in [3.8, 4) is 11.5 Å². The third-order valence-electron chi connectivity index (χ3n) is 3.14. The van der Waals surface area contributed by atoms with E-state index >= 15 is 0 Å². The van der Waals surface area contributed by atoms with Crippen molar-refractivity contribution in [1.29, 1.82) is 0 Å². The van der Waals surface area contributed by atoms with E-state index in [1.165, 1.54) is 4.90 Å². The number of benzene rings is 2. The Kier molecular flexibility index (Phi) is 3.94. The van der Waals surface area contributed by atoms with Gasteiger partial charge in [-0.2, -0.15) is 0 Å². The van der Waals surface area contributed by atoms with Crippen molar-refractivity contribution in [2.45, 2.75) is 5.92 Å². The van der Waals surface area contributed by atoms with Gasteiger partial charge in [0.2, 0.25) is 5.91 Å². The Labute approximate surface area is 117 Å². The Bertz CT molecular complexity index is 543. The molecule has 0 atom stereocenters. The fourth-order valence-electron chi connectivity index (χ4n) is 2.07. The van der Waals surface area contributed by atoms with E-state index in [0.29, 0.717) is 0 Å². The van der Waals surface area contributed by atoms with Gasteiger partial charge in [-0.1, -0.05) is 24.3 Å². The first-order valence-electron chi connectivity index (χ1n) is 6.28. The monoisotopic (exact) mass is 271 g/mol. The molecule has 0 fully saturated rings. The molecule has 0 spiro atoms. The van der Waals surface area contributed by atoms with Gasteiger partial charge in [-0.3, -0.25) is 4.79 Å². The molecule has 4 heteroatoms. The van der Waals surface area contributed by atoms with Gasteiger partial charge in [-0.25, -0.2) is 0 Å². The Morgan fingerprint density at radius 1 is 0.850 bits per heavy atom. The maximum Gasteiger partial charge on any atom is 0.234 e. The van der Waals surface area contributed by atoms with Crippen LogP contribution in [0.15, 0.2) is 48.5 Å². The summed E-state index contributed by atoms with van der Waals surface area (Å²) in [5, 5.41) is 18.7. The lowest BCUT2D eigenvalue weighted by molar-refractivity contribution is -0.129. The number of phenols is 2. The third-order valence-corrected chi connectivity index (χ3v) is 3.14. The second kappa shape index (κ2) is 5.65. The van der Waals surface area contributed by atoms with E-state index in [2.05, 4.69) is 0 Å². The summed E-state index contributed by atoms with van der Waals surface area (Å²) in [7, 11) is 3.41. The summed E-state index contributed by atoms with van der Waals surface area (Å²) in [4.78, 5) is 13.9. The molecule has 2 rings (SSSR count). The van der Waals surface area contributed by atoms with E-state index in [4.69, 9.17) is 0 Å². The number of rotatable bonds is 3. The molecule has 0 aromatic heterocycles. The van der Waals surface area contributed by atoms with Crippen molar-refractivity contribution >= 4 is 5.91 Å². The van der Waals surface area contributed by atoms with Crippen LogP contribution in [0.5, 0.6) is 11.5 Å². The summed E-state index contributed by atoms with van der Waals surface area (Å²) >= 11 is 0. The molecule has 0 heterocycles. The molecule has 4 nitrogen and oxygen atoms in total. The van der Waals surface area contributed by atoms with Gasteiger partial charge in [0.15, 0.2) is 0 Å². The Hall–Kier alpha value is -2.49. The van der Waals surface area contributed by atoms with Crippen LogP contribution in [-0.2, 0) is 4.79 Å². The number of phenolic OH excluding ortho intramolecular Hbond substituents is 2. The number of likely N-dealkylation sites (N-methyl/N-ethyl adjacent to an activating group) is 1. The molecular weight excluding hydrogens is 254 g/mol. The molecule has 2 aromatic carbocycles. The minimum Gasteiger partial charge on any atom is -0.508 e. The standard InChI is InChI=1S/C16H17NO3/c1-17(2)16(20)15(11-3-7-13(18)8-4-11)12-5-9-14(19)10-6-12/h3-10,15,18-19H,1-2H3. The van der Waals surface area contributed by atoms with E-state index in [1.54, 1.807) is 62.6 Å². The van der Waals surface area contributed by atoms with E-state index in [-0.39, 0.29) is 17.4 Å². The lowest BCUT2D eigenvalue weighted by atomic mass is 9.90. The SMILES string of the molecule is CN(C)C(=O)C(c1ccc(O)cc1)c1ccc(O)cc1. The maximum absolute atomic E-state index is 12.4. The first kappa shape index (κ1) is 13.9. The molecule has 0 bridgehead atoms. The second-order valence-electron chi connectivity index (χ2n) is 4.85. The summed E-state index contributed by atoms with van der Waals surface area (Å²) < 4.78 is 0. The van der Waals surface area contributed by atoms with E-state index in [0.717, 1.165) is 11.1 Å². The summed E-state index contributed by atoms with van der Waals surface area (Å²) in [6.45, 7) is 0. The lowest BCUT2D eigenvalue weighted by Crippen LogP contribution is -2.28. The highest BCUT2D eigenvalue weighted by molar-refractivity contribution is 5.86. The van der Waals surface area contributed by atoms with Gasteiger partial charge in [0.05, 0.1) is 5.92 Å². The molecule has 0 saturated heterocycles. The van der Waals surface area contributed by atoms with E-state index in [9.17, 15) is 15.0 Å². The van der Waals surface area contributed by atoms with Crippen molar-refractivity contribution in [2.24, 2.45) is 0 Å². The van der Waals surface area contributed by atoms with Crippen molar-refractivity contribution in [2.75, 3.05) is 14.1 Å². The van der Waals surface area contributed by atoms with E-state index < -0.39 is 5.92 Å². The predicted molar refractivity (Wildman–Crippen MR) is 76.8 cm³/mol. The van der Waals surface area contributed by atoms with Crippen LogP contribution in [0.4, 0.5) is 0 Å². The van der Waals surface area contributed by atoms with Crippen LogP contribution in [0, 0.1) is 0 Å². The lowest BCUT2D eigenvalue weighted by Gasteiger charge is -2.21. The van der Waals surface area contributed by atoms with Gasteiger partial charge in [0, 0.05) is 14.1 Å². The zero-order valence-corrected chi connectivity index (χ0v) is 11.4. The Balaban J connectivity index is 2.47. The number of amides is 1. The van der Waals surface area contributed by atoms with Gasteiger partial charge < -0.3 is 15.1 Å². The topological polar surface area (TPSA) is 60.8 Å². The van der Waals surface area contributed by atoms with Crippen molar-refractivity contribution in [1.82, 2.24) is 4.90 Å². The maximum atomic E-state index is 12.4. The zero-order valence-electron chi connectivity index (χ0n) is 11.4. The minimum atomic E-state index is -0.453. The quantitative estimate of drug-likeness (QED) is 0.900. The molecule has 2 N–H and O–H groups in total. The highest BCUT2D eigenvalue weighted by atomic mass is 16.3. The average Bonchev–Trinajstić information content (AvgIpc) is 2.43. The van der Waals surface area contributed by atoms with Crippen LogP contribution in [-0.4, -0.2) is 35.1 Å². The largest absolute Gasteiger partial charge is 0.508 e. The molecule has 0 radical (unpaired) electrons. The van der Waals surface area contributed by atoms with Crippen LogP contribution in [0.2, 0.25) is 0 Å². The van der Waals surface area contributed by atoms with E-state index in [1.807, 2.05) is 0 Å². The number of hydrogen-bond acceptors (Lipinski definition) is 3. The molecule has 104 valence electrons. The second-order valence-corrected chi connectivity index (χ2v) is 4.85. The molecule has 0 unspecified atom stereocenters. The van der Waals surface area contributed by atoms with Gasteiger partial charge in [0.25, 0.3) is 0 Å². The van der Waals surface area contributed by atoms with Crippen LogP contribution < -0.4 is 0 Å². The molecule has 0 aliphatic heterocycles. The zero-order chi connectivity index (χ0) is 14.7. The molecule has 0 saturated carbocycles. The number of nitrogens with zero attached hydrogens (tertiary/aromatic N) is 1. The highest BCUT2D eigenvalue weighted by Crippen LogP contribution is 2.28. The number of aromatic hydroxyl groups is 2. The van der Waals surface area contributed by atoms with Crippen molar-refractivity contribution in [3.05, 3.63) is 59.7 Å². The fraction of sp³-hybridized carbons (Fsp3) is 0.188. The summed E-state index contributed by atoms with van der Waals surface area (Å²) in [5.41, 5.74) is 1.60. The van der Waals surface area contributed by atoms with Gasteiger partial charge in [-0.15, -0.1) is 0 Å². The summed E-state index contributed by atoms with van der Waals surface area (Å²) in [5.74, 6) is -0.182. The Morgan fingerprint density at radius 2 is 1.20 bits per heavy atom. The van der Waals surface area contributed by atoms with Crippen molar-refractivity contribution < 1.29 is 15.0 Å². The molecule has 2 aromatic rings. The van der Waals surface area contributed by atoms with Gasteiger partial charge in [0.1, 0.15) is 11.5 Å². The minimum absolute atomic E-state index is 0.0543. The number of carbonyl (C=O) groups is 1. The number of carbonyl (C=O) groups excluding carboxylic acids is 1. The summed E-state index contributed by atoms with van der Waals surface area (Å²) in [6.07, 6.45) is 0. The average molecular weight is 271 g/mol. The van der Waals surface area contributed by atoms with Crippen LogP contribution in [0.25, 0.3) is 0 Å². The third kappa shape index (κ3) is 2.91. The van der Waals surface area contributed by atoms with Gasteiger partial charge >= 0.3 is 0 Å². The van der Waals surface area contributed by atoms with Gasteiger partial charge in [-0.05, 0) is 35.4 Å². The number of hydrogen-bond donors (Lipinski definition) is 2. The Morgan fingerprint density at radius 3 is 1.50 bits per heavy atom. The van der Waals surface area contributed by atoms with Crippen LogP contribution in [0.3, 0.4) is 0 Å². The normalized spacial score (nSPS) is 10.6.